The van der Waals surface area contributed by atoms with E-state index in [2.05, 4.69) is 11.4 Å². The van der Waals surface area contributed by atoms with Crippen molar-refractivity contribution in [2.45, 2.75) is 25.3 Å². The molecule has 1 aliphatic rings. The van der Waals surface area contributed by atoms with E-state index in [0.717, 1.165) is 24.2 Å². The zero-order valence-corrected chi connectivity index (χ0v) is 8.85. The highest BCUT2D eigenvalue weighted by atomic mass is 35.5. The van der Waals surface area contributed by atoms with Gasteiger partial charge in [0.2, 0.25) is 0 Å². The standard InChI is InChI=1S/C11H15ClN2/c12-10-5-1-3-8(11(10)13)7-9-4-2-6-14-9/h1,3,5,9,14H,2,4,6-7,13H2. The highest BCUT2D eigenvalue weighted by Crippen LogP contribution is 2.24. The van der Waals surface area contributed by atoms with Crippen LogP contribution in [-0.4, -0.2) is 12.6 Å². The Morgan fingerprint density at radius 3 is 3.07 bits per heavy atom. The van der Waals surface area contributed by atoms with Crippen LogP contribution in [0.15, 0.2) is 18.2 Å². The van der Waals surface area contributed by atoms with Gasteiger partial charge in [0.15, 0.2) is 0 Å². The van der Waals surface area contributed by atoms with Crippen molar-refractivity contribution in [2.75, 3.05) is 12.3 Å². The zero-order chi connectivity index (χ0) is 9.97. The number of nitrogen functional groups attached to an aromatic ring is 1. The molecule has 0 amide bonds. The van der Waals surface area contributed by atoms with Crippen molar-refractivity contribution in [1.29, 1.82) is 0 Å². The number of benzene rings is 1. The van der Waals surface area contributed by atoms with E-state index in [0.29, 0.717) is 11.1 Å². The predicted molar refractivity (Wildman–Crippen MR) is 60.6 cm³/mol. The van der Waals surface area contributed by atoms with Gasteiger partial charge in [-0.1, -0.05) is 23.7 Å². The Bertz CT molecular complexity index is 319. The monoisotopic (exact) mass is 210 g/mol. The van der Waals surface area contributed by atoms with Crippen LogP contribution in [0.2, 0.25) is 5.02 Å². The predicted octanol–water partition coefficient (Wildman–Crippen LogP) is 2.22. The van der Waals surface area contributed by atoms with Gasteiger partial charge in [-0.05, 0) is 37.4 Å². The highest BCUT2D eigenvalue weighted by molar-refractivity contribution is 6.33. The summed E-state index contributed by atoms with van der Waals surface area (Å²) < 4.78 is 0. The molecule has 2 rings (SSSR count). The van der Waals surface area contributed by atoms with Gasteiger partial charge in [-0.3, -0.25) is 0 Å². The topological polar surface area (TPSA) is 38.0 Å². The van der Waals surface area contributed by atoms with Gasteiger partial charge in [0.05, 0.1) is 10.7 Å². The Morgan fingerprint density at radius 2 is 2.36 bits per heavy atom. The van der Waals surface area contributed by atoms with Crippen molar-refractivity contribution >= 4 is 17.3 Å². The number of nitrogens with one attached hydrogen (secondary N) is 1. The Balaban J connectivity index is 2.11. The minimum absolute atomic E-state index is 0.579. The van der Waals surface area contributed by atoms with E-state index in [9.17, 15) is 0 Å². The van der Waals surface area contributed by atoms with Gasteiger partial charge in [0, 0.05) is 6.04 Å². The first-order valence-corrected chi connectivity index (χ1v) is 5.41. The van der Waals surface area contributed by atoms with Gasteiger partial charge >= 0.3 is 0 Å². The van der Waals surface area contributed by atoms with Crippen LogP contribution in [0.1, 0.15) is 18.4 Å². The molecule has 0 radical (unpaired) electrons. The van der Waals surface area contributed by atoms with Gasteiger partial charge in [0.1, 0.15) is 0 Å². The molecule has 0 aliphatic carbocycles. The number of hydrogen-bond donors (Lipinski definition) is 2. The first-order valence-electron chi connectivity index (χ1n) is 5.03. The molecule has 1 atom stereocenters. The number of hydrogen-bond acceptors (Lipinski definition) is 2. The van der Waals surface area contributed by atoms with E-state index in [4.69, 9.17) is 17.3 Å². The minimum atomic E-state index is 0.579. The number of anilines is 1. The molecule has 1 fully saturated rings. The van der Waals surface area contributed by atoms with Crippen LogP contribution >= 0.6 is 11.6 Å². The molecule has 1 unspecified atom stereocenters. The summed E-state index contributed by atoms with van der Waals surface area (Å²) >= 11 is 5.95. The third kappa shape index (κ3) is 2.02. The fraction of sp³-hybridized carbons (Fsp3) is 0.455. The number of nitrogens with two attached hydrogens (primary N) is 1. The quantitative estimate of drug-likeness (QED) is 0.735. The molecular weight excluding hydrogens is 196 g/mol. The second-order valence-electron chi connectivity index (χ2n) is 3.81. The molecule has 2 nitrogen and oxygen atoms in total. The maximum atomic E-state index is 5.95. The summed E-state index contributed by atoms with van der Waals surface area (Å²) in [5.74, 6) is 0. The maximum absolute atomic E-state index is 5.95. The molecule has 1 aromatic carbocycles. The molecule has 1 saturated heterocycles. The van der Waals surface area contributed by atoms with Crippen molar-refractivity contribution in [2.24, 2.45) is 0 Å². The zero-order valence-electron chi connectivity index (χ0n) is 8.09. The normalized spacial score (nSPS) is 21.4. The Labute approximate surface area is 89.4 Å². The molecule has 14 heavy (non-hydrogen) atoms. The summed E-state index contributed by atoms with van der Waals surface area (Å²) in [5.41, 5.74) is 7.80. The lowest BCUT2D eigenvalue weighted by atomic mass is 10.0. The van der Waals surface area contributed by atoms with Crippen LogP contribution in [0.5, 0.6) is 0 Å². The number of para-hydroxylation sites is 1. The summed E-state index contributed by atoms with van der Waals surface area (Å²) in [6, 6.07) is 6.43. The summed E-state index contributed by atoms with van der Waals surface area (Å²) in [6.45, 7) is 1.13. The lowest BCUT2D eigenvalue weighted by molar-refractivity contribution is 0.604. The Hall–Kier alpha value is -0.730. The molecule has 3 N–H and O–H groups in total. The van der Waals surface area contributed by atoms with Crippen molar-refractivity contribution in [3.8, 4) is 0 Å². The smallest absolute Gasteiger partial charge is 0.0638 e. The molecule has 1 aromatic rings. The van der Waals surface area contributed by atoms with E-state index >= 15 is 0 Å². The van der Waals surface area contributed by atoms with E-state index in [1.54, 1.807) is 0 Å². The lowest BCUT2D eigenvalue weighted by Gasteiger charge is -2.12. The molecule has 0 bridgehead atoms. The molecular formula is C11H15ClN2. The van der Waals surface area contributed by atoms with Crippen molar-refractivity contribution in [3.05, 3.63) is 28.8 Å². The van der Waals surface area contributed by atoms with E-state index in [1.165, 1.54) is 12.8 Å². The van der Waals surface area contributed by atoms with Crippen molar-refractivity contribution < 1.29 is 0 Å². The molecule has 76 valence electrons. The molecule has 3 heteroatoms. The summed E-state index contributed by atoms with van der Waals surface area (Å²) in [7, 11) is 0. The van der Waals surface area contributed by atoms with Crippen molar-refractivity contribution in [1.82, 2.24) is 5.32 Å². The Morgan fingerprint density at radius 1 is 1.50 bits per heavy atom. The van der Waals surface area contributed by atoms with E-state index in [-0.39, 0.29) is 0 Å². The SMILES string of the molecule is Nc1c(Cl)cccc1CC1CCCN1. The first-order chi connectivity index (χ1) is 6.77. The van der Waals surface area contributed by atoms with E-state index in [1.807, 2.05) is 12.1 Å². The van der Waals surface area contributed by atoms with Gasteiger partial charge in [0.25, 0.3) is 0 Å². The third-order valence-corrected chi connectivity index (χ3v) is 3.10. The number of halogens is 1. The van der Waals surface area contributed by atoms with Crippen LogP contribution < -0.4 is 11.1 Å². The second-order valence-corrected chi connectivity index (χ2v) is 4.22. The summed E-state index contributed by atoms with van der Waals surface area (Å²) in [5, 5.41) is 4.12. The Kier molecular flexibility index (Phi) is 2.94. The molecule has 1 heterocycles. The minimum Gasteiger partial charge on any atom is -0.397 e. The fourth-order valence-electron chi connectivity index (χ4n) is 1.96. The average Bonchev–Trinajstić information content (AvgIpc) is 2.66. The highest BCUT2D eigenvalue weighted by Gasteiger charge is 2.15. The van der Waals surface area contributed by atoms with Crippen LogP contribution in [0, 0.1) is 0 Å². The average molecular weight is 211 g/mol. The van der Waals surface area contributed by atoms with Crippen molar-refractivity contribution in [3.63, 3.8) is 0 Å². The summed E-state index contributed by atoms with van der Waals surface area (Å²) in [4.78, 5) is 0. The molecule has 0 saturated carbocycles. The van der Waals surface area contributed by atoms with Gasteiger partial charge in [-0.25, -0.2) is 0 Å². The second kappa shape index (κ2) is 4.20. The van der Waals surface area contributed by atoms with Crippen LogP contribution in [-0.2, 0) is 6.42 Å². The largest absolute Gasteiger partial charge is 0.397 e. The molecule has 0 aromatic heterocycles. The van der Waals surface area contributed by atoms with Crippen LogP contribution in [0.4, 0.5) is 5.69 Å². The van der Waals surface area contributed by atoms with Crippen LogP contribution in [0.3, 0.4) is 0 Å². The maximum Gasteiger partial charge on any atom is 0.0638 e. The number of rotatable bonds is 2. The lowest BCUT2D eigenvalue weighted by Crippen LogP contribution is -2.24. The molecule has 1 aliphatic heterocycles. The van der Waals surface area contributed by atoms with Gasteiger partial charge in [-0.15, -0.1) is 0 Å². The first kappa shape index (κ1) is 9.81. The van der Waals surface area contributed by atoms with E-state index < -0.39 is 0 Å². The molecule has 0 spiro atoms. The fourth-order valence-corrected chi connectivity index (χ4v) is 2.15. The van der Waals surface area contributed by atoms with Gasteiger partial charge in [-0.2, -0.15) is 0 Å². The summed E-state index contributed by atoms with van der Waals surface area (Å²) in [6.07, 6.45) is 3.50. The third-order valence-electron chi connectivity index (χ3n) is 2.77. The van der Waals surface area contributed by atoms with Gasteiger partial charge < -0.3 is 11.1 Å². The van der Waals surface area contributed by atoms with Crippen LogP contribution in [0.25, 0.3) is 0 Å².